The highest BCUT2D eigenvalue weighted by Gasteiger charge is 2.19. The van der Waals surface area contributed by atoms with E-state index in [4.69, 9.17) is 4.74 Å². The average Bonchev–Trinajstić information content (AvgIpc) is 2.21. The second-order valence-electron chi connectivity index (χ2n) is 5.03. The van der Waals surface area contributed by atoms with Gasteiger partial charge in [0.15, 0.2) is 0 Å². The van der Waals surface area contributed by atoms with Crippen molar-refractivity contribution >= 4 is 14.8 Å². The van der Waals surface area contributed by atoms with E-state index in [-0.39, 0.29) is 12.1 Å². The predicted octanol–water partition coefficient (Wildman–Crippen LogP) is 3.49. The number of carbonyl (C=O) groups is 1. The van der Waals surface area contributed by atoms with E-state index in [1.54, 1.807) is 0 Å². The third kappa shape index (κ3) is 7.16. The van der Waals surface area contributed by atoms with E-state index >= 15 is 0 Å². The van der Waals surface area contributed by atoms with Crippen LogP contribution in [-0.2, 0) is 9.53 Å². The number of carbonyl (C=O) groups excluding carboxylic acids is 1. The van der Waals surface area contributed by atoms with Crippen LogP contribution in [0, 0.1) is 5.92 Å². The Bertz CT molecular complexity index is 291. The van der Waals surface area contributed by atoms with Gasteiger partial charge in [0, 0.05) is 5.20 Å². The maximum absolute atomic E-state index is 12.0. The zero-order valence-corrected chi connectivity index (χ0v) is 13.1. The molecule has 0 saturated heterocycles. The van der Waals surface area contributed by atoms with Crippen LogP contribution in [0.15, 0.2) is 23.4 Å². The van der Waals surface area contributed by atoms with Crippen molar-refractivity contribution in [3.63, 3.8) is 0 Å². The Morgan fingerprint density at radius 3 is 2.29 bits per heavy atom. The van der Waals surface area contributed by atoms with Crippen molar-refractivity contribution in [3.05, 3.63) is 23.4 Å². The second-order valence-corrected chi connectivity index (χ2v) is 7.92. The van der Waals surface area contributed by atoms with Gasteiger partial charge in [-0.2, -0.15) is 0 Å². The number of esters is 1. The zero-order chi connectivity index (χ0) is 13.4. The van der Waals surface area contributed by atoms with Crippen LogP contribution in [-0.4, -0.2) is 20.9 Å². The first-order valence-corrected chi connectivity index (χ1v) is 8.97. The van der Waals surface area contributed by atoms with Gasteiger partial charge >= 0.3 is 5.97 Å². The summed E-state index contributed by atoms with van der Waals surface area (Å²) in [6, 6.07) is 1.02. The van der Waals surface area contributed by atoms with E-state index in [1.165, 1.54) is 0 Å². The highest BCUT2D eigenvalue weighted by atomic mass is 28.3. The molecule has 0 spiro atoms. The standard InChI is InChI=1S/C14H26O2Si/c1-7-8-9-17(6)13(10-11(2)3)14(15)16-12(4)5/h7-8,10-12,17H,9H2,1-6H3. The molecule has 1 unspecified atom stereocenters. The van der Waals surface area contributed by atoms with Gasteiger partial charge in [-0.15, -0.1) is 0 Å². The molecule has 3 heteroatoms. The molecule has 98 valence electrons. The summed E-state index contributed by atoms with van der Waals surface area (Å²) >= 11 is 0. The lowest BCUT2D eigenvalue weighted by atomic mass is 10.2. The predicted molar refractivity (Wildman–Crippen MR) is 76.8 cm³/mol. The molecule has 0 amide bonds. The van der Waals surface area contributed by atoms with Crippen molar-refractivity contribution in [1.82, 2.24) is 0 Å². The van der Waals surface area contributed by atoms with Crippen molar-refractivity contribution in [2.75, 3.05) is 0 Å². The van der Waals surface area contributed by atoms with Gasteiger partial charge in [-0.05, 0) is 32.7 Å². The number of hydrogen-bond donors (Lipinski definition) is 0. The average molecular weight is 254 g/mol. The van der Waals surface area contributed by atoms with Crippen LogP contribution in [0.2, 0.25) is 12.6 Å². The van der Waals surface area contributed by atoms with Crippen LogP contribution < -0.4 is 0 Å². The van der Waals surface area contributed by atoms with E-state index in [9.17, 15) is 4.79 Å². The third-order valence-electron chi connectivity index (χ3n) is 2.35. The molecule has 17 heavy (non-hydrogen) atoms. The third-order valence-corrected chi connectivity index (χ3v) is 4.82. The number of ether oxygens (including phenoxy) is 1. The van der Waals surface area contributed by atoms with Crippen LogP contribution in [0.1, 0.15) is 34.6 Å². The SMILES string of the molecule is CC=CC[SiH](C)C(=CC(C)C)C(=O)OC(C)C. The molecule has 0 bridgehead atoms. The maximum Gasteiger partial charge on any atom is 0.329 e. The molecule has 0 aliphatic carbocycles. The molecule has 0 radical (unpaired) electrons. The Morgan fingerprint density at radius 2 is 1.88 bits per heavy atom. The summed E-state index contributed by atoms with van der Waals surface area (Å²) in [6.07, 6.45) is 6.23. The van der Waals surface area contributed by atoms with Crippen molar-refractivity contribution in [2.24, 2.45) is 5.92 Å². The van der Waals surface area contributed by atoms with E-state index in [0.717, 1.165) is 11.2 Å². The number of allylic oxidation sites excluding steroid dienone is 3. The first kappa shape index (κ1) is 16.2. The molecular weight excluding hydrogens is 228 g/mol. The van der Waals surface area contributed by atoms with Gasteiger partial charge in [-0.3, -0.25) is 0 Å². The highest BCUT2D eigenvalue weighted by Crippen LogP contribution is 2.13. The van der Waals surface area contributed by atoms with E-state index < -0.39 is 8.80 Å². The minimum Gasteiger partial charge on any atom is -0.460 e. The lowest BCUT2D eigenvalue weighted by Gasteiger charge is -2.16. The smallest absolute Gasteiger partial charge is 0.329 e. The van der Waals surface area contributed by atoms with Gasteiger partial charge in [0.1, 0.15) is 0 Å². The van der Waals surface area contributed by atoms with Crippen LogP contribution >= 0.6 is 0 Å². The van der Waals surface area contributed by atoms with Crippen LogP contribution in [0.5, 0.6) is 0 Å². The lowest BCUT2D eigenvalue weighted by molar-refractivity contribution is -0.141. The van der Waals surface area contributed by atoms with Crippen LogP contribution in [0.4, 0.5) is 0 Å². The summed E-state index contributed by atoms with van der Waals surface area (Å²) in [5.41, 5.74) is 0. The molecule has 0 aromatic rings. The molecule has 0 aliphatic heterocycles. The van der Waals surface area contributed by atoms with Crippen LogP contribution in [0.25, 0.3) is 0 Å². The van der Waals surface area contributed by atoms with E-state index in [1.807, 2.05) is 26.8 Å². The monoisotopic (exact) mass is 254 g/mol. The fourth-order valence-electron chi connectivity index (χ4n) is 1.54. The van der Waals surface area contributed by atoms with Crippen molar-refractivity contribution in [1.29, 1.82) is 0 Å². The molecule has 0 fully saturated rings. The molecular formula is C14H26O2Si. The fraction of sp³-hybridized carbons (Fsp3) is 0.643. The Labute approximate surface area is 107 Å². The molecule has 0 aliphatic rings. The van der Waals surface area contributed by atoms with Gasteiger partial charge in [-0.25, -0.2) is 4.79 Å². The fourth-order valence-corrected chi connectivity index (χ4v) is 3.66. The number of hydrogen-bond acceptors (Lipinski definition) is 2. The Balaban J connectivity index is 4.81. The van der Waals surface area contributed by atoms with Crippen molar-refractivity contribution in [2.45, 2.75) is 53.3 Å². The minimum absolute atomic E-state index is 0.0408. The van der Waals surface area contributed by atoms with Gasteiger partial charge in [0.25, 0.3) is 0 Å². The molecule has 2 nitrogen and oxygen atoms in total. The lowest BCUT2D eigenvalue weighted by Crippen LogP contribution is -2.24. The zero-order valence-electron chi connectivity index (χ0n) is 12.0. The first-order chi connectivity index (χ1) is 7.88. The number of rotatable bonds is 6. The van der Waals surface area contributed by atoms with Crippen molar-refractivity contribution < 1.29 is 9.53 Å². The molecule has 0 rings (SSSR count). The summed E-state index contributed by atoms with van der Waals surface area (Å²) in [7, 11) is -1.21. The molecule has 0 heterocycles. The summed E-state index contributed by atoms with van der Waals surface area (Å²) < 4.78 is 5.32. The summed E-state index contributed by atoms with van der Waals surface area (Å²) in [5.74, 6) is 0.280. The largest absolute Gasteiger partial charge is 0.460 e. The van der Waals surface area contributed by atoms with Crippen LogP contribution in [0.3, 0.4) is 0 Å². The molecule has 0 aromatic carbocycles. The van der Waals surface area contributed by atoms with Gasteiger partial charge < -0.3 is 4.74 Å². The second kappa shape index (κ2) is 8.29. The first-order valence-electron chi connectivity index (χ1n) is 6.42. The topological polar surface area (TPSA) is 26.3 Å². The quantitative estimate of drug-likeness (QED) is 0.314. The van der Waals surface area contributed by atoms with Gasteiger partial charge in [-0.1, -0.05) is 38.6 Å². The molecule has 0 saturated carbocycles. The molecule has 0 aromatic heterocycles. The van der Waals surface area contributed by atoms with E-state index in [0.29, 0.717) is 5.92 Å². The minimum atomic E-state index is -1.21. The van der Waals surface area contributed by atoms with Gasteiger partial charge in [0.2, 0.25) is 0 Å². The van der Waals surface area contributed by atoms with Gasteiger partial charge in [0.05, 0.1) is 14.9 Å². The normalized spacial score (nSPS) is 14.7. The Hall–Kier alpha value is -0.833. The highest BCUT2D eigenvalue weighted by molar-refractivity contribution is 6.71. The Kier molecular flexibility index (Phi) is 7.88. The molecule has 1 atom stereocenters. The molecule has 0 N–H and O–H groups in total. The maximum atomic E-state index is 12.0. The Morgan fingerprint density at radius 1 is 1.29 bits per heavy atom. The summed E-state index contributed by atoms with van der Waals surface area (Å²) in [6.45, 7) is 12.2. The summed E-state index contributed by atoms with van der Waals surface area (Å²) in [4.78, 5) is 12.0. The summed E-state index contributed by atoms with van der Waals surface area (Å²) in [5, 5.41) is 0.937. The van der Waals surface area contributed by atoms with E-state index in [2.05, 4.69) is 32.5 Å². The van der Waals surface area contributed by atoms with Crippen molar-refractivity contribution in [3.8, 4) is 0 Å².